The summed E-state index contributed by atoms with van der Waals surface area (Å²) in [6.45, 7) is 1.03. The number of esters is 1. The fourth-order valence-electron chi connectivity index (χ4n) is 3.11. The number of para-hydroxylation sites is 1. The molecule has 0 unspecified atom stereocenters. The van der Waals surface area contributed by atoms with Crippen molar-refractivity contribution in [2.24, 2.45) is 5.73 Å². The molecule has 0 aliphatic rings. The molecule has 0 atom stereocenters. The number of hydrogen-bond acceptors (Lipinski definition) is 6. The van der Waals surface area contributed by atoms with Gasteiger partial charge in [0.05, 0.1) is 18.5 Å². The van der Waals surface area contributed by atoms with Crippen LogP contribution in [0, 0.1) is 0 Å². The Hall–Kier alpha value is -3.27. The first-order chi connectivity index (χ1) is 15.7. The van der Waals surface area contributed by atoms with E-state index in [1.165, 1.54) is 5.56 Å². The molecule has 4 rings (SSSR count). The molecule has 0 spiro atoms. The minimum atomic E-state index is -4.64. The Labute approximate surface area is 189 Å². The van der Waals surface area contributed by atoms with E-state index in [2.05, 4.69) is 12.1 Å². The molecule has 0 saturated carbocycles. The van der Waals surface area contributed by atoms with Crippen LogP contribution >= 0.6 is 7.82 Å². The lowest BCUT2D eigenvalue weighted by molar-refractivity contribution is -0.145. The van der Waals surface area contributed by atoms with Gasteiger partial charge in [-0.1, -0.05) is 48.5 Å². The second-order valence-electron chi connectivity index (χ2n) is 6.99. The summed E-state index contributed by atoms with van der Waals surface area (Å²) in [6, 6.07) is 21.9. The van der Waals surface area contributed by atoms with Gasteiger partial charge >= 0.3 is 13.8 Å². The molecule has 33 heavy (non-hydrogen) atoms. The van der Waals surface area contributed by atoms with Crippen LogP contribution < -0.4 is 5.73 Å². The first-order valence-corrected chi connectivity index (χ1v) is 11.5. The average molecular weight is 473 g/mol. The molecule has 4 aromatic rings. The Morgan fingerprint density at radius 3 is 2.39 bits per heavy atom. The fraction of sp³-hybridized carbons (Fsp3) is 0.182. The Bertz CT molecular complexity index is 1240. The van der Waals surface area contributed by atoms with Crippen LogP contribution in [0.2, 0.25) is 0 Å². The summed E-state index contributed by atoms with van der Waals surface area (Å²) >= 11 is 0. The van der Waals surface area contributed by atoms with E-state index in [0.717, 1.165) is 16.6 Å². The van der Waals surface area contributed by atoms with E-state index in [4.69, 9.17) is 39.2 Å². The summed E-state index contributed by atoms with van der Waals surface area (Å²) in [7, 11) is -4.64. The quantitative estimate of drug-likeness (QED) is 0.234. The first-order valence-electron chi connectivity index (χ1n) is 9.97. The van der Waals surface area contributed by atoms with Crippen molar-refractivity contribution in [3.05, 3.63) is 78.1 Å². The Morgan fingerprint density at radius 1 is 1.03 bits per heavy atom. The highest BCUT2D eigenvalue weighted by atomic mass is 31.2. The molecule has 0 amide bonds. The number of carbonyl (C=O) groups is 1. The van der Waals surface area contributed by atoms with Gasteiger partial charge in [0.2, 0.25) is 0 Å². The Kier molecular flexibility index (Phi) is 8.16. The van der Waals surface area contributed by atoms with Crippen LogP contribution in [-0.4, -0.2) is 37.0 Å². The highest BCUT2D eigenvalue weighted by molar-refractivity contribution is 7.45. The van der Waals surface area contributed by atoms with Crippen LogP contribution in [0.4, 0.5) is 0 Å². The number of nitrogens with zero attached hydrogens (tertiary/aromatic N) is 2. The van der Waals surface area contributed by atoms with Crippen molar-refractivity contribution < 1.29 is 33.2 Å². The van der Waals surface area contributed by atoms with Crippen LogP contribution in [0.1, 0.15) is 17.7 Å². The van der Waals surface area contributed by atoms with E-state index in [9.17, 15) is 4.79 Å². The lowest BCUT2D eigenvalue weighted by Crippen LogP contribution is -2.10. The van der Waals surface area contributed by atoms with Crippen molar-refractivity contribution >= 4 is 24.7 Å². The van der Waals surface area contributed by atoms with Gasteiger partial charge in [-0.2, -0.15) is 5.10 Å². The number of fused-ring (bicyclic) bond motifs is 1. The number of aromatic nitrogens is 2. The largest absolute Gasteiger partial charge is 0.466 e. The molecule has 0 bridgehead atoms. The molecule has 0 fully saturated rings. The molecule has 0 aliphatic heterocycles. The van der Waals surface area contributed by atoms with Crippen LogP contribution in [-0.2, 0) is 27.2 Å². The van der Waals surface area contributed by atoms with Gasteiger partial charge in [-0.3, -0.25) is 9.48 Å². The van der Waals surface area contributed by atoms with Gasteiger partial charge < -0.3 is 29.6 Å². The molecule has 2 aromatic heterocycles. The van der Waals surface area contributed by atoms with Crippen molar-refractivity contribution in [1.82, 2.24) is 9.78 Å². The summed E-state index contributed by atoms with van der Waals surface area (Å²) in [6.07, 6.45) is 0.197. The van der Waals surface area contributed by atoms with E-state index in [1.807, 2.05) is 53.2 Å². The number of nitrogens with two attached hydrogens (primary N) is 1. The van der Waals surface area contributed by atoms with Gasteiger partial charge in [0, 0.05) is 11.9 Å². The van der Waals surface area contributed by atoms with Crippen molar-refractivity contribution in [1.29, 1.82) is 0 Å². The number of furan rings is 1. The van der Waals surface area contributed by atoms with E-state index in [1.54, 1.807) is 6.07 Å². The normalized spacial score (nSPS) is 11.2. The summed E-state index contributed by atoms with van der Waals surface area (Å²) in [4.78, 5) is 33.0. The Morgan fingerprint density at radius 2 is 1.70 bits per heavy atom. The number of benzene rings is 2. The van der Waals surface area contributed by atoms with Gasteiger partial charge in [0.25, 0.3) is 0 Å². The van der Waals surface area contributed by atoms with Crippen molar-refractivity contribution in [3.63, 3.8) is 0 Å². The third-order valence-corrected chi connectivity index (χ3v) is 4.45. The number of carbonyl (C=O) groups excluding carboxylic acids is 1. The second kappa shape index (κ2) is 11.0. The zero-order chi connectivity index (χ0) is 23.8. The summed E-state index contributed by atoms with van der Waals surface area (Å²) < 4.78 is 21.9. The molecule has 5 N–H and O–H groups in total. The summed E-state index contributed by atoms with van der Waals surface area (Å²) in [5.74, 6) is 0.882. The molecule has 2 aromatic carbocycles. The van der Waals surface area contributed by atoms with E-state index >= 15 is 0 Å². The lowest BCUT2D eigenvalue weighted by Gasteiger charge is -2.03. The maximum atomic E-state index is 11.5. The molecule has 0 radical (unpaired) electrons. The van der Waals surface area contributed by atoms with Crippen molar-refractivity contribution in [2.45, 2.75) is 19.6 Å². The first kappa shape index (κ1) is 24.4. The highest BCUT2D eigenvalue weighted by Gasteiger charge is 2.16. The van der Waals surface area contributed by atoms with E-state index in [0.29, 0.717) is 18.1 Å². The van der Waals surface area contributed by atoms with Crippen LogP contribution in [0.15, 0.2) is 71.1 Å². The molecular weight excluding hydrogens is 449 g/mol. The predicted octanol–water partition coefficient (Wildman–Crippen LogP) is 2.81. The van der Waals surface area contributed by atoms with Gasteiger partial charge in [0.1, 0.15) is 18.1 Å². The highest BCUT2D eigenvalue weighted by Crippen LogP contribution is 2.30. The molecule has 0 aliphatic carbocycles. The minimum absolute atomic E-state index is 0.0848. The van der Waals surface area contributed by atoms with Crippen LogP contribution in [0.5, 0.6) is 0 Å². The third-order valence-electron chi connectivity index (χ3n) is 4.45. The predicted molar refractivity (Wildman–Crippen MR) is 121 cm³/mol. The zero-order valence-electron chi connectivity index (χ0n) is 17.6. The monoisotopic (exact) mass is 473 g/mol. The standard InChI is InChI=1S/C22H21N3O3.H3O4P/c23-13-12-21(26)27-15-17-10-11-20(28-17)22-18-8-4-5-9-19(18)25(24-22)14-16-6-2-1-3-7-16;1-5(2,3)4/h1-11H,12-15,23H2;(H3,1,2,3,4). The van der Waals surface area contributed by atoms with Crippen molar-refractivity contribution in [2.75, 3.05) is 6.54 Å². The summed E-state index contributed by atoms with van der Waals surface area (Å²) in [5, 5.41) is 5.80. The molecule has 11 heteroatoms. The van der Waals surface area contributed by atoms with Crippen LogP contribution in [0.25, 0.3) is 22.4 Å². The number of ether oxygens (including phenoxy) is 1. The van der Waals surface area contributed by atoms with E-state index < -0.39 is 7.82 Å². The molecule has 174 valence electrons. The maximum absolute atomic E-state index is 11.5. The molecule has 2 heterocycles. The SMILES string of the molecule is NCCC(=O)OCc1ccc(-c2nn(Cc3ccccc3)c3ccccc23)o1.O=P(O)(O)O. The molecule has 0 saturated heterocycles. The van der Waals surface area contributed by atoms with Gasteiger partial charge in [-0.05, 0) is 23.8 Å². The van der Waals surface area contributed by atoms with Gasteiger partial charge in [0.15, 0.2) is 5.76 Å². The molecular formula is C22H24N3O7P. The minimum Gasteiger partial charge on any atom is -0.457 e. The van der Waals surface area contributed by atoms with Gasteiger partial charge in [-0.15, -0.1) is 0 Å². The smallest absolute Gasteiger partial charge is 0.457 e. The zero-order valence-corrected chi connectivity index (χ0v) is 18.5. The average Bonchev–Trinajstić information content (AvgIpc) is 3.37. The fourth-order valence-corrected chi connectivity index (χ4v) is 3.11. The van der Waals surface area contributed by atoms with E-state index in [-0.39, 0.29) is 25.5 Å². The maximum Gasteiger partial charge on any atom is 0.466 e. The molecule has 10 nitrogen and oxygen atoms in total. The second-order valence-corrected chi connectivity index (χ2v) is 8.01. The van der Waals surface area contributed by atoms with Crippen molar-refractivity contribution in [3.8, 4) is 11.5 Å². The number of rotatable bonds is 7. The number of phosphoric acid groups is 1. The Balaban J connectivity index is 0.000000555. The van der Waals surface area contributed by atoms with Crippen LogP contribution in [0.3, 0.4) is 0 Å². The number of hydrogen-bond donors (Lipinski definition) is 4. The summed E-state index contributed by atoms with van der Waals surface area (Å²) in [5.41, 5.74) is 8.33. The topological polar surface area (TPSA) is 161 Å². The van der Waals surface area contributed by atoms with Gasteiger partial charge in [-0.25, -0.2) is 4.57 Å². The third kappa shape index (κ3) is 7.38. The lowest BCUT2D eigenvalue weighted by atomic mass is 10.2.